The summed E-state index contributed by atoms with van der Waals surface area (Å²) in [7, 11) is 0. The third-order valence-electron chi connectivity index (χ3n) is 4.11. The van der Waals surface area contributed by atoms with Gasteiger partial charge in [-0.2, -0.15) is 0 Å². The number of benzene rings is 2. The Bertz CT molecular complexity index is 1060. The van der Waals surface area contributed by atoms with E-state index < -0.39 is 5.63 Å². The first-order valence-electron chi connectivity index (χ1n) is 8.25. The molecule has 0 aliphatic rings. The highest BCUT2D eigenvalue weighted by atomic mass is 35.5. The van der Waals surface area contributed by atoms with Crippen molar-refractivity contribution in [2.45, 2.75) is 19.9 Å². The minimum atomic E-state index is -0.426. The summed E-state index contributed by atoms with van der Waals surface area (Å²) in [5, 5.41) is 4.54. The Morgan fingerprint density at radius 2 is 1.93 bits per heavy atom. The minimum absolute atomic E-state index is 0.173. The summed E-state index contributed by atoms with van der Waals surface area (Å²) in [5.41, 5.74) is 1.65. The molecule has 0 fully saturated rings. The molecule has 1 aromatic heterocycles. The molecule has 1 atom stereocenters. The SMILES string of the molecule is Cc1cc(=O)oc2cc(OCC(=O)N[C@@H](C)c3ccc(Cl)c(Cl)c3)ccc12. The number of fused-ring (bicyclic) bond motifs is 1. The van der Waals surface area contributed by atoms with Crippen LogP contribution in [0.5, 0.6) is 5.75 Å². The number of hydrogen-bond donors (Lipinski definition) is 1. The van der Waals surface area contributed by atoms with E-state index in [1.807, 2.05) is 13.8 Å². The molecule has 0 aliphatic heterocycles. The summed E-state index contributed by atoms with van der Waals surface area (Å²) in [6.07, 6.45) is 0. The lowest BCUT2D eigenvalue weighted by atomic mass is 10.1. The van der Waals surface area contributed by atoms with Gasteiger partial charge in [0, 0.05) is 17.5 Å². The van der Waals surface area contributed by atoms with Gasteiger partial charge in [-0.1, -0.05) is 29.3 Å². The second kappa shape index (κ2) is 8.03. The van der Waals surface area contributed by atoms with Crippen LogP contribution in [0.4, 0.5) is 0 Å². The first-order valence-corrected chi connectivity index (χ1v) is 9.00. The number of halogens is 2. The van der Waals surface area contributed by atoms with Crippen molar-refractivity contribution >= 4 is 40.1 Å². The lowest BCUT2D eigenvalue weighted by Crippen LogP contribution is -2.31. The number of carbonyl (C=O) groups excluding carboxylic acids is 1. The van der Waals surface area contributed by atoms with Gasteiger partial charge in [-0.15, -0.1) is 0 Å². The molecule has 3 aromatic rings. The summed E-state index contributed by atoms with van der Waals surface area (Å²) in [4.78, 5) is 23.6. The van der Waals surface area contributed by atoms with Crippen molar-refractivity contribution in [1.82, 2.24) is 5.32 Å². The van der Waals surface area contributed by atoms with Gasteiger partial charge in [0.1, 0.15) is 11.3 Å². The largest absolute Gasteiger partial charge is 0.484 e. The van der Waals surface area contributed by atoms with E-state index in [9.17, 15) is 9.59 Å². The summed E-state index contributed by atoms with van der Waals surface area (Å²) < 4.78 is 10.7. The van der Waals surface area contributed by atoms with Crippen LogP contribution in [0.1, 0.15) is 24.1 Å². The zero-order chi connectivity index (χ0) is 19.6. The first-order chi connectivity index (χ1) is 12.8. The van der Waals surface area contributed by atoms with Crippen LogP contribution in [0.15, 0.2) is 51.7 Å². The van der Waals surface area contributed by atoms with Crippen molar-refractivity contribution in [3.05, 3.63) is 74.1 Å². The Morgan fingerprint density at radius 1 is 1.15 bits per heavy atom. The minimum Gasteiger partial charge on any atom is -0.484 e. The molecule has 1 amide bonds. The molecule has 0 radical (unpaired) electrons. The van der Waals surface area contributed by atoms with Crippen molar-refractivity contribution in [2.24, 2.45) is 0 Å². The van der Waals surface area contributed by atoms with Crippen molar-refractivity contribution in [3.63, 3.8) is 0 Å². The Labute approximate surface area is 165 Å². The first kappa shape index (κ1) is 19.3. The Kier molecular flexibility index (Phi) is 5.73. The molecule has 3 rings (SSSR count). The van der Waals surface area contributed by atoms with E-state index in [-0.39, 0.29) is 18.6 Å². The van der Waals surface area contributed by atoms with Gasteiger partial charge in [0.25, 0.3) is 5.91 Å². The maximum absolute atomic E-state index is 12.2. The van der Waals surface area contributed by atoms with Gasteiger partial charge in [-0.25, -0.2) is 4.79 Å². The van der Waals surface area contributed by atoms with Crippen LogP contribution in [0, 0.1) is 6.92 Å². The van der Waals surface area contributed by atoms with Crippen LogP contribution in [-0.2, 0) is 4.79 Å². The second-order valence-corrected chi connectivity index (χ2v) is 6.97. The quantitative estimate of drug-likeness (QED) is 0.626. The highest BCUT2D eigenvalue weighted by molar-refractivity contribution is 6.42. The standard InChI is InChI=1S/C20H17Cl2NO4/c1-11-7-20(25)27-18-9-14(4-5-15(11)18)26-10-19(24)23-12(2)13-3-6-16(21)17(22)8-13/h3-9,12H,10H2,1-2H3,(H,23,24)/t12-/m0/s1. The molecule has 2 aromatic carbocycles. The smallest absolute Gasteiger partial charge is 0.336 e. The number of carbonyl (C=O) groups is 1. The predicted octanol–water partition coefficient (Wildman–Crippen LogP) is 4.66. The Hall–Kier alpha value is -2.50. The molecule has 1 heterocycles. The highest BCUT2D eigenvalue weighted by Crippen LogP contribution is 2.25. The molecule has 0 saturated carbocycles. The van der Waals surface area contributed by atoms with Crippen LogP contribution in [0.2, 0.25) is 10.0 Å². The van der Waals surface area contributed by atoms with Gasteiger partial charge < -0.3 is 14.5 Å². The molecule has 27 heavy (non-hydrogen) atoms. The summed E-state index contributed by atoms with van der Waals surface area (Å²) >= 11 is 11.9. The van der Waals surface area contributed by atoms with Crippen LogP contribution in [-0.4, -0.2) is 12.5 Å². The predicted molar refractivity (Wildman–Crippen MR) is 106 cm³/mol. The maximum Gasteiger partial charge on any atom is 0.336 e. The molecule has 140 valence electrons. The van der Waals surface area contributed by atoms with E-state index in [0.29, 0.717) is 21.4 Å². The van der Waals surface area contributed by atoms with Crippen molar-refractivity contribution in [3.8, 4) is 5.75 Å². The molecule has 0 spiro atoms. The van der Waals surface area contributed by atoms with Crippen molar-refractivity contribution in [2.75, 3.05) is 6.61 Å². The molecule has 0 bridgehead atoms. The van der Waals surface area contributed by atoms with Crippen LogP contribution >= 0.6 is 23.2 Å². The molecule has 1 N–H and O–H groups in total. The second-order valence-electron chi connectivity index (χ2n) is 6.16. The van der Waals surface area contributed by atoms with Crippen molar-refractivity contribution in [1.29, 1.82) is 0 Å². The normalized spacial score (nSPS) is 12.0. The topological polar surface area (TPSA) is 68.5 Å². The average molecular weight is 406 g/mol. The fraction of sp³-hybridized carbons (Fsp3) is 0.200. The van der Waals surface area contributed by atoms with E-state index in [4.69, 9.17) is 32.4 Å². The molecule has 0 unspecified atom stereocenters. The van der Waals surface area contributed by atoms with E-state index >= 15 is 0 Å². The van der Waals surface area contributed by atoms with Crippen LogP contribution in [0.25, 0.3) is 11.0 Å². The zero-order valence-corrected chi connectivity index (χ0v) is 16.2. The molecule has 0 saturated heterocycles. The van der Waals surface area contributed by atoms with Gasteiger partial charge in [-0.05, 0) is 49.2 Å². The summed E-state index contributed by atoms with van der Waals surface area (Å²) in [6.45, 7) is 3.50. The van der Waals surface area contributed by atoms with Crippen molar-refractivity contribution < 1.29 is 13.9 Å². The molecule has 7 heteroatoms. The Morgan fingerprint density at radius 3 is 2.67 bits per heavy atom. The Balaban J connectivity index is 1.64. The monoisotopic (exact) mass is 405 g/mol. The van der Waals surface area contributed by atoms with Gasteiger partial charge in [0.05, 0.1) is 16.1 Å². The van der Waals surface area contributed by atoms with Gasteiger partial charge in [-0.3, -0.25) is 4.79 Å². The number of hydrogen-bond acceptors (Lipinski definition) is 4. The van der Waals surface area contributed by atoms with E-state index in [0.717, 1.165) is 16.5 Å². The van der Waals surface area contributed by atoms with Crippen LogP contribution < -0.4 is 15.7 Å². The lowest BCUT2D eigenvalue weighted by Gasteiger charge is -2.15. The lowest BCUT2D eigenvalue weighted by molar-refractivity contribution is -0.123. The number of ether oxygens (including phenoxy) is 1. The number of rotatable bonds is 5. The van der Waals surface area contributed by atoms with E-state index in [1.165, 1.54) is 6.07 Å². The number of nitrogens with one attached hydrogen (secondary N) is 1. The van der Waals surface area contributed by atoms with Gasteiger partial charge >= 0.3 is 5.63 Å². The number of amides is 1. The summed E-state index contributed by atoms with van der Waals surface area (Å²) in [6, 6.07) is 11.5. The third-order valence-corrected chi connectivity index (χ3v) is 4.85. The molecular formula is C20H17Cl2NO4. The average Bonchev–Trinajstić information content (AvgIpc) is 2.61. The fourth-order valence-corrected chi connectivity index (χ4v) is 3.00. The van der Waals surface area contributed by atoms with Gasteiger partial charge in [0.15, 0.2) is 6.61 Å². The third kappa shape index (κ3) is 4.62. The fourth-order valence-electron chi connectivity index (χ4n) is 2.69. The zero-order valence-electron chi connectivity index (χ0n) is 14.7. The molecular weight excluding hydrogens is 389 g/mol. The summed E-state index contributed by atoms with van der Waals surface area (Å²) in [5.74, 6) is 0.146. The highest BCUT2D eigenvalue weighted by Gasteiger charge is 2.12. The molecule has 0 aliphatic carbocycles. The van der Waals surface area contributed by atoms with Gasteiger partial charge in [0.2, 0.25) is 0 Å². The van der Waals surface area contributed by atoms with E-state index in [2.05, 4.69) is 5.32 Å². The van der Waals surface area contributed by atoms with E-state index in [1.54, 1.807) is 36.4 Å². The molecule has 5 nitrogen and oxygen atoms in total. The van der Waals surface area contributed by atoms with Crippen LogP contribution in [0.3, 0.4) is 0 Å². The maximum atomic E-state index is 12.2. The number of aryl methyl sites for hydroxylation is 1.